The number of hydrogen-bond donors (Lipinski definition) is 1. The molecule has 1 aromatic heterocycles. The average Bonchev–Trinajstić information content (AvgIpc) is 2.81. The van der Waals surface area contributed by atoms with Gasteiger partial charge in [-0.25, -0.2) is 4.98 Å². The fourth-order valence-electron chi connectivity index (χ4n) is 1.96. The van der Waals surface area contributed by atoms with Crippen LogP contribution in [0.1, 0.15) is 23.9 Å². The van der Waals surface area contributed by atoms with Crippen LogP contribution in [0, 0.1) is 0 Å². The number of aromatic nitrogens is 2. The summed E-state index contributed by atoms with van der Waals surface area (Å²) in [6.45, 7) is 0. The molecule has 0 fully saturated rings. The number of ether oxygens (including phenoxy) is 1. The number of nitrogens with zero attached hydrogens (tertiary/aromatic N) is 2. The lowest BCUT2D eigenvalue weighted by atomic mass is 10.0. The molecule has 2 rings (SSSR count). The van der Waals surface area contributed by atoms with E-state index < -0.39 is 6.10 Å². The smallest absolute Gasteiger partial charge is 0.137 e. The molecule has 5 heteroatoms. The number of aryl methyl sites for hydroxylation is 2. The molecule has 0 aliphatic rings. The molecule has 0 aliphatic heterocycles. The van der Waals surface area contributed by atoms with Crippen molar-refractivity contribution in [3.05, 3.63) is 47.0 Å². The van der Waals surface area contributed by atoms with Gasteiger partial charge in [0.25, 0.3) is 0 Å². The highest BCUT2D eigenvalue weighted by Gasteiger charge is 2.11. The van der Waals surface area contributed by atoms with E-state index >= 15 is 0 Å². The summed E-state index contributed by atoms with van der Waals surface area (Å²) in [5.41, 5.74) is 0.792. The molecule has 1 unspecified atom stereocenters. The second-order valence-electron chi connectivity index (χ2n) is 4.40. The number of imidazole rings is 1. The number of aliphatic hydroxyl groups is 1. The number of aliphatic hydroxyl groups excluding tert-OH is 1. The van der Waals surface area contributed by atoms with Gasteiger partial charge in [0.15, 0.2) is 0 Å². The monoisotopic (exact) mass is 280 g/mol. The van der Waals surface area contributed by atoms with Crippen LogP contribution in [0.2, 0.25) is 5.02 Å². The quantitative estimate of drug-likeness (QED) is 0.916. The third-order valence-electron chi connectivity index (χ3n) is 3.12. The molecule has 0 aliphatic carbocycles. The van der Waals surface area contributed by atoms with Crippen LogP contribution in [0.4, 0.5) is 0 Å². The van der Waals surface area contributed by atoms with E-state index in [2.05, 4.69) is 4.98 Å². The van der Waals surface area contributed by atoms with Gasteiger partial charge in [0.05, 0.1) is 18.2 Å². The first-order valence-corrected chi connectivity index (χ1v) is 6.47. The molecule has 0 spiro atoms. The van der Waals surface area contributed by atoms with E-state index in [1.165, 1.54) is 0 Å². The van der Waals surface area contributed by atoms with Crippen LogP contribution in [0.5, 0.6) is 5.75 Å². The van der Waals surface area contributed by atoms with Crippen molar-refractivity contribution in [3.63, 3.8) is 0 Å². The van der Waals surface area contributed by atoms with E-state index in [0.717, 1.165) is 11.4 Å². The Balaban J connectivity index is 2.02. The summed E-state index contributed by atoms with van der Waals surface area (Å²) in [6.07, 6.45) is 4.42. The van der Waals surface area contributed by atoms with Crippen LogP contribution in [-0.2, 0) is 13.5 Å². The maximum absolute atomic E-state index is 10.2. The van der Waals surface area contributed by atoms with Crippen molar-refractivity contribution in [1.29, 1.82) is 0 Å². The number of methoxy groups -OCH3 is 1. The van der Waals surface area contributed by atoms with Gasteiger partial charge < -0.3 is 14.4 Å². The fourth-order valence-corrected chi connectivity index (χ4v) is 2.23. The molecule has 19 heavy (non-hydrogen) atoms. The maximum Gasteiger partial charge on any atom is 0.137 e. The van der Waals surface area contributed by atoms with Gasteiger partial charge in [-0.3, -0.25) is 0 Å². The first kappa shape index (κ1) is 13.9. The Kier molecular flexibility index (Phi) is 4.45. The molecule has 0 saturated heterocycles. The van der Waals surface area contributed by atoms with Gasteiger partial charge in [0, 0.05) is 25.9 Å². The van der Waals surface area contributed by atoms with Crippen LogP contribution < -0.4 is 4.74 Å². The maximum atomic E-state index is 10.2. The minimum Gasteiger partial charge on any atom is -0.495 e. The van der Waals surface area contributed by atoms with E-state index in [0.29, 0.717) is 23.6 Å². The fraction of sp³-hybridized carbons (Fsp3) is 0.357. The van der Waals surface area contributed by atoms with Crippen molar-refractivity contribution in [1.82, 2.24) is 9.55 Å². The van der Waals surface area contributed by atoms with Crippen LogP contribution in [0.25, 0.3) is 0 Å². The van der Waals surface area contributed by atoms with Crippen molar-refractivity contribution < 1.29 is 9.84 Å². The SMILES string of the molecule is COc1ccc(C(O)CCc2nccn2C)cc1Cl. The van der Waals surface area contributed by atoms with E-state index in [-0.39, 0.29) is 0 Å². The lowest BCUT2D eigenvalue weighted by Gasteiger charge is -2.12. The minimum absolute atomic E-state index is 0.510. The largest absolute Gasteiger partial charge is 0.495 e. The lowest BCUT2D eigenvalue weighted by molar-refractivity contribution is 0.166. The van der Waals surface area contributed by atoms with Crippen molar-refractivity contribution in [3.8, 4) is 5.75 Å². The Morgan fingerprint density at radius 1 is 1.47 bits per heavy atom. The molecule has 0 bridgehead atoms. The van der Waals surface area contributed by atoms with E-state index in [4.69, 9.17) is 16.3 Å². The average molecular weight is 281 g/mol. The molecule has 1 heterocycles. The van der Waals surface area contributed by atoms with Crippen molar-refractivity contribution in [2.24, 2.45) is 7.05 Å². The van der Waals surface area contributed by atoms with Gasteiger partial charge in [-0.15, -0.1) is 0 Å². The molecule has 0 radical (unpaired) electrons. The summed E-state index contributed by atoms with van der Waals surface area (Å²) in [5.74, 6) is 1.57. The predicted octanol–water partition coefficient (Wildman–Crippen LogP) is 2.75. The number of benzene rings is 1. The third-order valence-corrected chi connectivity index (χ3v) is 3.42. The zero-order chi connectivity index (χ0) is 13.8. The molecular formula is C14H17ClN2O2. The Morgan fingerprint density at radius 2 is 2.26 bits per heavy atom. The molecular weight excluding hydrogens is 264 g/mol. The summed E-state index contributed by atoms with van der Waals surface area (Å²) >= 11 is 6.05. The van der Waals surface area contributed by atoms with Crippen LogP contribution in [-0.4, -0.2) is 21.8 Å². The number of hydrogen-bond acceptors (Lipinski definition) is 3. The van der Waals surface area contributed by atoms with Gasteiger partial charge >= 0.3 is 0 Å². The molecule has 102 valence electrons. The van der Waals surface area contributed by atoms with Crippen LogP contribution in [0.3, 0.4) is 0 Å². The second-order valence-corrected chi connectivity index (χ2v) is 4.81. The van der Waals surface area contributed by atoms with Gasteiger partial charge in [-0.2, -0.15) is 0 Å². The van der Waals surface area contributed by atoms with Crippen molar-refractivity contribution in [2.75, 3.05) is 7.11 Å². The third kappa shape index (κ3) is 3.28. The summed E-state index contributed by atoms with van der Waals surface area (Å²) in [6, 6.07) is 5.33. The highest BCUT2D eigenvalue weighted by molar-refractivity contribution is 6.32. The topological polar surface area (TPSA) is 47.3 Å². The summed E-state index contributed by atoms with van der Waals surface area (Å²) in [4.78, 5) is 4.23. The van der Waals surface area contributed by atoms with Crippen molar-refractivity contribution >= 4 is 11.6 Å². The first-order chi connectivity index (χ1) is 9.11. The standard InChI is InChI=1S/C14H17ClN2O2/c1-17-8-7-16-14(17)6-4-12(18)10-3-5-13(19-2)11(15)9-10/h3,5,7-9,12,18H,4,6H2,1-2H3. The molecule has 2 aromatic rings. The van der Waals surface area contributed by atoms with Gasteiger partial charge in [-0.1, -0.05) is 17.7 Å². The predicted molar refractivity (Wildman–Crippen MR) is 74.5 cm³/mol. The zero-order valence-electron chi connectivity index (χ0n) is 11.0. The summed E-state index contributed by atoms with van der Waals surface area (Å²) in [7, 11) is 3.51. The van der Waals surface area contributed by atoms with Crippen molar-refractivity contribution in [2.45, 2.75) is 18.9 Å². The van der Waals surface area contributed by atoms with Gasteiger partial charge in [0.1, 0.15) is 11.6 Å². The Labute approximate surface area is 117 Å². The number of halogens is 1. The van der Waals surface area contributed by atoms with Gasteiger partial charge in [0.2, 0.25) is 0 Å². The van der Waals surface area contributed by atoms with Crippen LogP contribution >= 0.6 is 11.6 Å². The summed E-state index contributed by atoms with van der Waals surface area (Å²) in [5, 5.41) is 10.7. The molecule has 1 aromatic carbocycles. The van der Waals surface area contributed by atoms with E-state index in [9.17, 15) is 5.11 Å². The Hall–Kier alpha value is -1.52. The number of rotatable bonds is 5. The molecule has 4 nitrogen and oxygen atoms in total. The minimum atomic E-state index is -0.555. The van der Waals surface area contributed by atoms with Crippen LogP contribution in [0.15, 0.2) is 30.6 Å². The first-order valence-electron chi connectivity index (χ1n) is 6.09. The second kappa shape index (κ2) is 6.08. The lowest BCUT2D eigenvalue weighted by Crippen LogP contribution is -2.03. The Bertz CT molecular complexity index is 554. The molecule has 0 saturated carbocycles. The van der Waals surface area contributed by atoms with E-state index in [1.807, 2.05) is 23.9 Å². The molecule has 1 N–H and O–H groups in total. The normalized spacial score (nSPS) is 12.4. The molecule has 0 amide bonds. The Morgan fingerprint density at radius 3 is 2.84 bits per heavy atom. The summed E-state index contributed by atoms with van der Waals surface area (Å²) < 4.78 is 7.04. The van der Waals surface area contributed by atoms with E-state index in [1.54, 1.807) is 25.4 Å². The highest BCUT2D eigenvalue weighted by Crippen LogP contribution is 2.29. The highest BCUT2D eigenvalue weighted by atomic mass is 35.5. The molecule has 1 atom stereocenters. The zero-order valence-corrected chi connectivity index (χ0v) is 11.8. The van der Waals surface area contributed by atoms with Gasteiger partial charge in [-0.05, 0) is 24.1 Å².